The standard InChI is InChI=1S/C18H15BrN4O3S/c1-9-14(19)12(8-25-2)13-15-16(27-17(13)20-9)18(24)23(22-21-15)10-4-6-11(26-3)7-5-10/h4-7H,8H2,1-3H3. The van der Waals surface area contributed by atoms with Crippen LogP contribution < -0.4 is 10.3 Å². The van der Waals surface area contributed by atoms with Crippen LogP contribution in [0.25, 0.3) is 26.1 Å². The van der Waals surface area contributed by atoms with E-state index in [1.807, 2.05) is 6.92 Å². The van der Waals surface area contributed by atoms with Crippen LogP contribution in [0.5, 0.6) is 5.75 Å². The number of thiophene rings is 1. The Balaban J connectivity index is 2.00. The molecule has 4 rings (SSSR count). The van der Waals surface area contributed by atoms with E-state index >= 15 is 0 Å². The number of rotatable bonds is 4. The number of fused-ring (bicyclic) bond motifs is 3. The highest BCUT2D eigenvalue weighted by atomic mass is 79.9. The molecule has 138 valence electrons. The van der Waals surface area contributed by atoms with Crippen LogP contribution in [-0.2, 0) is 11.3 Å². The van der Waals surface area contributed by atoms with E-state index in [4.69, 9.17) is 9.47 Å². The SMILES string of the molecule is COCc1c(Br)c(C)nc2sc3c(=O)n(-c4ccc(OC)cc4)nnc3c12. The number of benzene rings is 1. The summed E-state index contributed by atoms with van der Waals surface area (Å²) < 4.78 is 13.2. The van der Waals surface area contributed by atoms with E-state index in [2.05, 4.69) is 31.2 Å². The van der Waals surface area contributed by atoms with E-state index in [0.717, 1.165) is 25.9 Å². The summed E-state index contributed by atoms with van der Waals surface area (Å²) >= 11 is 4.89. The Kier molecular flexibility index (Phi) is 4.67. The van der Waals surface area contributed by atoms with Gasteiger partial charge in [-0.25, -0.2) is 4.98 Å². The summed E-state index contributed by atoms with van der Waals surface area (Å²) in [7, 11) is 3.22. The van der Waals surface area contributed by atoms with E-state index < -0.39 is 0 Å². The predicted octanol–water partition coefficient (Wildman–Crippen LogP) is 3.62. The lowest BCUT2D eigenvalue weighted by Gasteiger charge is -2.08. The van der Waals surface area contributed by atoms with Crippen molar-refractivity contribution < 1.29 is 9.47 Å². The lowest BCUT2D eigenvalue weighted by atomic mass is 10.1. The molecule has 0 atom stereocenters. The molecule has 0 saturated carbocycles. The van der Waals surface area contributed by atoms with Crippen molar-refractivity contribution >= 4 is 47.7 Å². The van der Waals surface area contributed by atoms with Gasteiger partial charge in [-0.3, -0.25) is 4.79 Å². The molecule has 27 heavy (non-hydrogen) atoms. The average molecular weight is 447 g/mol. The number of aryl methyl sites for hydroxylation is 1. The summed E-state index contributed by atoms with van der Waals surface area (Å²) in [6, 6.07) is 7.08. The van der Waals surface area contributed by atoms with Gasteiger partial charge in [0.1, 0.15) is 20.8 Å². The van der Waals surface area contributed by atoms with Crippen molar-refractivity contribution in [3.8, 4) is 11.4 Å². The second-order valence-corrected chi connectivity index (χ2v) is 7.68. The van der Waals surface area contributed by atoms with Gasteiger partial charge in [0.05, 0.1) is 25.1 Å². The molecule has 1 aromatic carbocycles. The van der Waals surface area contributed by atoms with Crippen molar-refractivity contribution in [3.05, 3.63) is 50.3 Å². The molecule has 3 aromatic heterocycles. The number of aromatic nitrogens is 4. The third-order valence-corrected chi connectivity index (χ3v) is 6.36. The van der Waals surface area contributed by atoms with Crippen LogP contribution >= 0.6 is 27.3 Å². The first-order valence-corrected chi connectivity index (χ1v) is 9.66. The molecule has 0 aliphatic rings. The van der Waals surface area contributed by atoms with Crippen LogP contribution in [0.1, 0.15) is 11.3 Å². The third kappa shape index (κ3) is 2.91. The average Bonchev–Trinajstić information content (AvgIpc) is 3.05. The zero-order chi connectivity index (χ0) is 19.1. The molecule has 3 heterocycles. The molecule has 7 nitrogen and oxygen atoms in total. The highest BCUT2D eigenvalue weighted by Gasteiger charge is 2.20. The minimum Gasteiger partial charge on any atom is -0.497 e. The normalized spacial score (nSPS) is 11.4. The Morgan fingerprint density at radius 3 is 2.63 bits per heavy atom. The Labute approximate surface area is 166 Å². The Hall–Kier alpha value is -2.36. The zero-order valence-electron chi connectivity index (χ0n) is 14.8. The second-order valence-electron chi connectivity index (χ2n) is 5.89. The molecule has 0 spiro atoms. The second kappa shape index (κ2) is 6.99. The first-order chi connectivity index (χ1) is 13.0. The van der Waals surface area contributed by atoms with E-state index in [-0.39, 0.29) is 5.56 Å². The number of pyridine rings is 1. The minimum absolute atomic E-state index is 0.231. The van der Waals surface area contributed by atoms with Gasteiger partial charge in [-0.1, -0.05) is 5.21 Å². The van der Waals surface area contributed by atoms with Crippen LogP contribution in [-0.4, -0.2) is 34.2 Å². The van der Waals surface area contributed by atoms with Crippen molar-refractivity contribution in [2.45, 2.75) is 13.5 Å². The van der Waals surface area contributed by atoms with Crippen molar-refractivity contribution in [1.29, 1.82) is 0 Å². The third-order valence-electron chi connectivity index (χ3n) is 4.24. The molecular formula is C18H15BrN4O3S. The number of nitrogens with zero attached hydrogens (tertiary/aromatic N) is 4. The molecule has 0 radical (unpaired) electrons. The van der Waals surface area contributed by atoms with Gasteiger partial charge >= 0.3 is 0 Å². The Bertz CT molecular complexity index is 1220. The molecule has 4 aromatic rings. The van der Waals surface area contributed by atoms with E-state index in [9.17, 15) is 4.79 Å². The summed E-state index contributed by atoms with van der Waals surface area (Å²) in [6.07, 6.45) is 0. The first-order valence-electron chi connectivity index (χ1n) is 8.05. The van der Waals surface area contributed by atoms with Crippen LogP contribution in [0.3, 0.4) is 0 Å². The minimum atomic E-state index is -0.231. The first kappa shape index (κ1) is 18.0. The van der Waals surface area contributed by atoms with E-state index in [1.54, 1.807) is 38.5 Å². The number of halogens is 1. The van der Waals surface area contributed by atoms with Gasteiger partial charge < -0.3 is 9.47 Å². The lowest BCUT2D eigenvalue weighted by Crippen LogP contribution is -2.21. The maximum atomic E-state index is 13.1. The molecule has 0 amide bonds. The van der Waals surface area contributed by atoms with Crippen LogP contribution in [0, 0.1) is 6.92 Å². The number of hydrogen-bond acceptors (Lipinski definition) is 7. The summed E-state index contributed by atoms with van der Waals surface area (Å²) in [5.74, 6) is 0.705. The largest absolute Gasteiger partial charge is 0.497 e. The molecule has 0 unspecified atom stereocenters. The van der Waals surface area contributed by atoms with Crippen LogP contribution in [0.15, 0.2) is 33.5 Å². The zero-order valence-corrected chi connectivity index (χ0v) is 17.2. The smallest absolute Gasteiger partial charge is 0.292 e. The monoisotopic (exact) mass is 446 g/mol. The van der Waals surface area contributed by atoms with Crippen molar-refractivity contribution in [2.75, 3.05) is 14.2 Å². The van der Waals surface area contributed by atoms with Crippen molar-refractivity contribution in [3.63, 3.8) is 0 Å². The lowest BCUT2D eigenvalue weighted by molar-refractivity contribution is 0.185. The predicted molar refractivity (Wildman–Crippen MR) is 108 cm³/mol. The molecule has 0 saturated heterocycles. The summed E-state index contributed by atoms with van der Waals surface area (Å²) in [5.41, 5.74) is 2.69. The fourth-order valence-electron chi connectivity index (χ4n) is 2.93. The molecule has 0 bridgehead atoms. The quantitative estimate of drug-likeness (QED) is 0.476. The van der Waals surface area contributed by atoms with Gasteiger partial charge in [0.15, 0.2) is 0 Å². The molecule has 0 aliphatic carbocycles. The van der Waals surface area contributed by atoms with Gasteiger partial charge in [0, 0.05) is 22.5 Å². The highest BCUT2D eigenvalue weighted by molar-refractivity contribution is 9.10. The fourth-order valence-corrected chi connectivity index (χ4v) is 4.44. The molecule has 0 aliphatic heterocycles. The number of methoxy groups -OCH3 is 2. The molecule has 0 fully saturated rings. The van der Waals surface area contributed by atoms with Gasteiger partial charge in [0.2, 0.25) is 0 Å². The van der Waals surface area contributed by atoms with E-state index in [1.165, 1.54) is 16.0 Å². The molecule has 0 N–H and O–H groups in total. The summed E-state index contributed by atoms with van der Waals surface area (Å²) in [6.45, 7) is 2.30. The highest BCUT2D eigenvalue weighted by Crippen LogP contribution is 2.36. The van der Waals surface area contributed by atoms with Crippen molar-refractivity contribution in [1.82, 2.24) is 20.0 Å². The van der Waals surface area contributed by atoms with E-state index in [0.29, 0.717) is 28.3 Å². The summed E-state index contributed by atoms with van der Waals surface area (Å²) in [5, 5.41) is 9.29. The Morgan fingerprint density at radius 1 is 1.22 bits per heavy atom. The van der Waals surface area contributed by atoms with Crippen LogP contribution in [0.2, 0.25) is 0 Å². The number of hydrogen-bond donors (Lipinski definition) is 0. The summed E-state index contributed by atoms with van der Waals surface area (Å²) in [4.78, 5) is 18.4. The van der Waals surface area contributed by atoms with Gasteiger partial charge in [-0.2, -0.15) is 4.68 Å². The van der Waals surface area contributed by atoms with Gasteiger partial charge in [-0.05, 0) is 47.1 Å². The van der Waals surface area contributed by atoms with Crippen LogP contribution in [0.4, 0.5) is 0 Å². The molecule has 9 heteroatoms. The van der Waals surface area contributed by atoms with Gasteiger partial charge in [-0.15, -0.1) is 16.4 Å². The maximum absolute atomic E-state index is 13.1. The van der Waals surface area contributed by atoms with Gasteiger partial charge in [0.25, 0.3) is 5.56 Å². The maximum Gasteiger partial charge on any atom is 0.292 e. The van der Waals surface area contributed by atoms with Crippen molar-refractivity contribution in [2.24, 2.45) is 0 Å². The Morgan fingerprint density at radius 2 is 1.96 bits per heavy atom. The number of ether oxygens (including phenoxy) is 2. The topological polar surface area (TPSA) is 79.1 Å². The fraction of sp³-hybridized carbons (Fsp3) is 0.222. The molecular weight excluding hydrogens is 432 g/mol.